The number of nitrogens with zero attached hydrogens (tertiary/aromatic N) is 3. The van der Waals surface area contributed by atoms with Gasteiger partial charge in [-0.2, -0.15) is 5.26 Å². The SMILES string of the molecule is N#C[C@@H]1CC(F)(F)CN1C(=O)CNC(=O)c1csc(Cc2cccc(Cl)c2Cl)n1. The number of nitriles is 1. The van der Waals surface area contributed by atoms with E-state index in [9.17, 15) is 18.4 Å². The zero-order valence-electron chi connectivity index (χ0n) is 14.8. The van der Waals surface area contributed by atoms with Crippen LogP contribution >= 0.6 is 34.5 Å². The molecular formula is C18H14Cl2F2N4O2S. The van der Waals surface area contributed by atoms with Gasteiger partial charge in [-0.1, -0.05) is 35.3 Å². The lowest BCUT2D eigenvalue weighted by Gasteiger charge is -2.19. The maximum atomic E-state index is 13.4. The fourth-order valence-corrected chi connectivity index (χ4v) is 4.07. The van der Waals surface area contributed by atoms with E-state index < -0.39 is 43.3 Å². The summed E-state index contributed by atoms with van der Waals surface area (Å²) in [6.45, 7) is -1.33. The Hall–Kier alpha value is -2.28. The average molecular weight is 459 g/mol. The van der Waals surface area contributed by atoms with E-state index >= 15 is 0 Å². The number of alkyl halides is 2. The summed E-state index contributed by atoms with van der Waals surface area (Å²) in [7, 11) is 0. The van der Waals surface area contributed by atoms with Gasteiger partial charge in [-0.15, -0.1) is 11.3 Å². The third-order valence-electron chi connectivity index (χ3n) is 4.30. The number of thiazole rings is 1. The highest BCUT2D eigenvalue weighted by molar-refractivity contribution is 7.09. The van der Waals surface area contributed by atoms with Crippen molar-refractivity contribution in [1.29, 1.82) is 5.26 Å². The van der Waals surface area contributed by atoms with Crippen molar-refractivity contribution >= 4 is 46.4 Å². The Kier molecular flexibility index (Phi) is 6.36. The van der Waals surface area contributed by atoms with E-state index in [4.69, 9.17) is 28.5 Å². The summed E-state index contributed by atoms with van der Waals surface area (Å²) in [5, 5.41) is 14.3. The number of likely N-dealkylation sites (tertiary alicyclic amines) is 1. The molecule has 1 aromatic heterocycles. The van der Waals surface area contributed by atoms with Crippen molar-refractivity contribution in [3.8, 4) is 6.07 Å². The molecule has 2 aromatic rings. The highest BCUT2D eigenvalue weighted by Gasteiger charge is 2.47. The first-order valence-electron chi connectivity index (χ1n) is 8.42. The van der Waals surface area contributed by atoms with Crippen LogP contribution in [0.4, 0.5) is 8.78 Å². The Morgan fingerprint density at radius 2 is 2.17 bits per heavy atom. The maximum Gasteiger partial charge on any atom is 0.271 e. The zero-order chi connectivity index (χ0) is 21.2. The van der Waals surface area contributed by atoms with Crippen LogP contribution in [0, 0.1) is 11.3 Å². The second-order valence-electron chi connectivity index (χ2n) is 6.43. The second kappa shape index (κ2) is 8.61. The molecule has 1 fully saturated rings. The third kappa shape index (κ3) is 5.01. The van der Waals surface area contributed by atoms with Gasteiger partial charge in [0.25, 0.3) is 11.8 Å². The van der Waals surface area contributed by atoms with Crippen molar-refractivity contribution in [3.05, 3.63) is 49.9 Å². The van der Waals surface area contributed by atoms with Crippen molar-refractivity contribution < 1.29 is 18.4 Å². The summed E-state index contributed by atoms with van der Waals surface area (Å²) in [6.07, 6.45) is -0.326. The molecule has 2 heterocycles. The lowest BCUT2D eigenvalue weighted by Crippen LogP contribution is -2.43. The quantitative estimate of drug-likeness (QED) is 0.742. The number of hydrogen-bond acceptors (Lipinski definition) is 5. The highest BCUT2D eigenvalue weighted by Crippen LogP contribution is 2.31. The monoisotopic (exact) mass is 458 g/mol. The molecule has 6 nitrogen and oxygen atoms in total. The fraction of sp³-hybridized carbons (Fsp3) is 0.333. The molecule has 0 spiro atoms. The van der Waals surface area contributed by atoms with Gasteiger partial charge in [0.15, 0.2) is 0 Å². The summed E-state index contributed by atoms with van der Waals surface area (Å²) in [5.74, 6) is -4.47. The number of hydrogen-bond donors (Lipinski definition) is 1. The van der Waals surface area contributed by atoms with E-state index in [1.54, 1.807) is 24.3 Å². The minimum atomic E-state index is -3.11. The Labute approximate surface area is 179 Å². The minimum Gasteiger partial charge on any atom is -0.342 e. The molecule has 11 heteroatoms. The Balaban J connectivity index is 1.59. The highest BCUT2D eigenvalue weighted by atomic mass is 35.5. The first-order chi connectivity index (χ1) is 13.7. The van der Waals surface area contributed by atoms with Gasteiger partial charge in [0, 0.05) is 18.2 Å². The van der Waals surface area contributed by atoms with E-state index in [0.717, 1.165) is 10.5 Å². The molecule has 1 aromatic carbocycles. The van der Waals surface area contributed by atoms with Crippen LogP contribution in [0.3, 0.4) is 0 Å². The van der Waals surface area contributed by atoms with Crippen LogP contribution in [0.2, 0.25) is 10.0 Å². The van der Waals surface area contributed by atoms with Gasteiger partial charge >= 0.3 is 0 Å². The molecule has 0 unspecified atom stereocenters. The van der Waals surface area contributed by atoms with Gasteiger partial charge in [-0.25, -0.2) is 13.8 Å². The molecule has 1 N–H and O–H groups in total. The van der Waals surface area contributed by atoms with Crippen LogP contribution in [0.25, 0.3) is 0 Å². The Morgan fingerprint density at radius 1 is 1.41 bits per heavy atom. The summed E-state index contributed by atoms with van der Waals surface area (Å²) in [6, 6.07) is 5.70. The maximum absolute atomic E-state index is 13.4. The lowest BCUT2D eigenvalue weighted by atomic mass is 10.1. The van der Waals surface area contributed by atoms with Crippen LogP contribution in [0.1, 0.15) is 27.5 Å². The van der Waals surface area contributed by atoms with Crippen LogP contribution in [-0.2, 0) is 11.2 Å². The third-order valence-corrected chi connectivity index (χ3v) is 6.00. The molecule has 0 aliphatic carbocycles. The summed E-state index contributed by atoms with van der Waals surface area (Å²) >= 11 is 13.4. The molecule has 152 valence electrons. The molecule has 1 aliphatic heterocycles. The molecular weight excluding hydrogens is 445 g/mol. The van der Waals surface area contributed by atoms with Crippen molar-refractivity contribution in [2.24, 2.45) is 0 Å². The number of carbonyl (C=O) groups is 2. The number of rotatable bonds is 5. The lowest BCUT2D eigenvalue weighted by molar-refractivity contribution is -0.131. The number of halogens is 4. The average Bonchev–Trinajstić information content (AvgIpc) is 3.27. The van der Waals surface area contributed by atoms with Crippen molar-refractivity contribution in [3.63, 3.8) is 0 Å². The molecule has 1 atom stereocenters. The molecule has 1 saturated heterocycles. The normalized spacial score (nSPS) is 17.8. The number of carbonyl (C=O) groups excluding carboxylic acids is 2. The zero-order valence-corrected chi connectivity index (χ0v) is 17.1. The smallest absolute Gasteiger partial charge is 0.271 e. The topological polar surface area (TPSA) is 86.1 Å². The largest absolute Gasteiger partial charge is 0.342 e. The molecule has 0 saturated carbocycles. The molecule has 0 bridgehead atoms. The number of amides is 2. The van der Waals surface area contributed by atoms with E-state index in [-0.39, 0.29) is 5.69 Å². The van der Waals surface area contributed by atoms with Crippen molar-refractivity contribution in [2.75, 3.05) is 13.1 Å². The van der Waals surface area contributed by atoms with E-state index in [1.165, 1.54) is 16.7 Å². The molecule has 1 aliphatic rings. The number of benzene rings is 1. The minimum absolute atomic E-state index is 0.0968. The van der Waals surface area contributed by atoms with Gasteiger partial charge in [0.05, 0.1) is 34.2 Å². The van der Waals surface area contributed by atoms with Gasteiger partial charge in [-0.05, 0) is 11.6 Å². The van der Waals surface area contributed by atoms with Crippen molar-refractivity contribution in [2.45, 2.75) is 24.8 Å². The fourth-order valence-electron chi connectivity index (χ4n) is 2.89. The van der Waals surface area contributed by atoms with Crippen LogP contribution < -0.4 is 5.32 Å². The molecule has 3 rings (SSSR count). The van der Waals surface area contributed by atoms with E-state index in [2.05, 4.69) is 10.3 Å². The molecule has 29 heavy (non-hydrogen) atoms. The van der Waals surface area contributed by atoms with Crippen molar-refractivity contribution in [1.82, 2.24) is 15.2 Å². The van der Waals surface area contributed by atoms with E-state index in [0.29, 0.717) is 21.5 Å². The first kappa shape index (κ1) is 21.4. The van der Waals surface area contributed by atoms with Crippen LogP contribution in [0.5, 0.6) is 0 Å². The van der Waals surface area contributed by atoms with E-state index in [1.807, 2.05) is 0 Å². The molecule has 2 amide bonds. The van der Waals surface area contributed by atoms with Crippen LogP contribution in [-0.4, -0.2) is 46.8 Å². The predicted octanol–water partition coefficient (Wildman–Crippen LogP) is 3.53. The van der Waals surface area contributed by atoms with Crippen LogP contribution in [0.15, 0.2) is 23.6 Å². The first-order valence-corrected chi connectivity index (χ1v) is 10.1. The standard InChI is InChI=1S/C18H14Cl2F2N4O2S/c19-12-3-1-2-10(16(12)20)4-14-25-13(8-29-14)17(28)24-7-15(27)26-9-18(21,22)5-11(26)6-23/h1-3,8,11H,4-5,7,9H2,(H,24,28)/t11-/m0/s1. The molecule has 0 radical (unpaired) electrons. The predicted molar refractivity (Wildman–Crippen MR) is 104 cm³/mol. The Bertz CT molecular complexity index is 992. The van der Waals surface area contributed by atoms with Gasteiger partial charge in [-0.3, -0.25) is 9.59 Å². The second-order valence-corrected chi connectivity index (χ2v) is 8.15. The Morgan fingerprint density at radius 3 is 2.90 bits per heavy atom. The summed E-state index contributed by atoms with van der Waals surface area (Å²) in [5.41, 5.74) is 0.854. The number of nitrogens with one attached hydrogen (secondary N) is 1. The van der Waals surface area contributed by atoms with Gasteiger partial charge in [0.2, 0.25) is 5.91 Å². The summed E-state index contributed by atoms with van der Waals surface area (Å²) in [4.78, 5) is 29.4. The number of aromatic nitrogens is 1. The van der Waals surface area contributed by atoms with Gasteiger partial charge in [0.1, 0.15) is 11.7 Å². The van der Waals surface area contributed by atoms with Gasteiger partial charge < -0.3 is 10.2 Å². The summed E-state index contributed by atoms with van der Waals surface area (Å²) < 4.78 is 26.9.